The van der Waals surface area contributed by atoms with Gasteiger partial charge in [-0.25, -0.2) is 9.79 Å². The lowest BCUT2D eigenvalue weighted by Gasteiger charge is -2.14. The Morgan fingerprint density at radius 1 is 1.20 bits per heavy atom. The highest BCUT2D eigenvalue weighted by molar-refractivity contribution is 14.1. The van der Waals surface area contributed by atoms with E-state index in [1.54, 1.807) is 6.08 Å². The summed E-state index contributed by atoms with van der Waals surface area (Å²) in [4.78, 5) is 16.8. The summed E-state index contributed by atoms with van der Waals surface area (Å²) < 4.78 is 19.0. The van der Waals surface area contributed by atoms with E-state index in [2.05, 4.69) is 56.8 Å². The molecule has 0 aromatic heterocycles. The molecule has 1 aliphatic heterocycles. The van der Waals surface area contributed by atoms with Gasteiger partial charge in [-0.3, -0.25) is 0 Å². The minimum Gasteiger partial charge on any atom is -0.490 e. The Labute approximate surface area is 203 Å². The highest BCUT2D eigenvalue weighted by Gasteiger charge is 2.25. The smallest absolute Gasteiger partial charge is 0.363 e. The van der Waals surface area contributed by atoms with Crippen LogP contribution in [0.4, 0.5) is 0 Å². The highest BCUT2D eigenvalue weighted by atomic mass is 127. The molecule has 3 rings (SSSR count). The van der Waals surface area contributed by atoms with E-state index in [0.717, 1.165) is 29.4 Å². The summed E-state index contributed by atoms with van der Waals surface area (Å²) in [6, 6.07) is 9.58. The number of rotatable bonds is 7. The molecular weight excluding hydrogens is 608 g/mol. The normalized spacial score (nSPS) is 14.5. The average Bonchev–Trinajstić information content (AvgIpc) is 3.04. The molecule has 0 radical (unpaired) electrons. The Balaban J connectivity index is 1.94. The minimum absolute atomic E-state index is 0.245. The Hall–Kier alpha value is -1.88. The van der Waals surface area contributed by atoms with Gasteiger partial charge in [-0.05, 0) is 119 Å². The van der Waals surface area contributed by atoms with Gasteiger partial charge in [0.2, 0.25) is 5.90 Å². The van der Waals surface area contributed by atoms with Crippen LogP contribution in [0, 0.1) is 14.1 Å². The number of halogens is 2. The Bertz CT molecular complexity index is 1070. The molecule has 2 aromatic rings. The predicted molar refractivity (Wildman–Crippen MR) is 135 cm³/mol. The minimum atomic E-state index is -0.475. The zero-order valence-electron chi connectivity index (χ0n) is 16.9. The maximum atomic E-state index is 12.4. The van der Waals surface area contributed by atoms with Crippen molar-refractivity contribution >= 4 is 63.1 Å². The zero-order valence-corrected chi connectivity index (χ0v) is 21.2. The second-order valence-electron chi connectivity index (χ2n) is 6.81. The summed E-state index contributed by atoms with van der Waals surface area (Å²) in [5.74, 6) is 1.11. The molecule has 0 saturated carbocycles. The molecule has 0 N–H and O–H groups in total. The van der Waals surface area contributed by atoms with Crippen LogP contribution in [0.25, 0.3) is 6.08 Å². The maximum absolute atomic E-state index is 12.4. The van der Waals surface area contributed by atoms with Crippen LogP contribution in [0.15, 0.2) is 53.2 Å². The van der Waals surface area contributed by atoms with E-state index >= 15 is 0 Å². The molecule has 2 aromatic carbocycles. The topological polar surface area (TPSA) is 57.1 Å². The summed E-state index contributed by atoms with van der Waals surface area (Å²) in [7, 11) is 0. The molecule has 0 saturated heterocycles. The van der Waals surface area contributed by atoms with Crippen LogP contribution < -0.4 is 9.47 Å². The van der Waals surface area contributed by atoms with Crippen molar-refractivity contribution in [2.45, 2.75) is 20.8 Å². The van der Waals surface area contributed by atoms with E-state index in [4.69, 9.17) is 14.2 Å². The van der Waals surface area contributed by atoms with E-state index < -0.39 is 5.97 Å². The molecule has 0 bridgehead atoms. The number of hydrogen-bond acceptors (Lipinski definition) is 5. The van der Waals surface area contributed by atoms with Gasteiger partial charge in [0.1, 0.15) is 6.61 Å². The molecule has 1 aliphatic rings. The molecule has 5 nitrogen and oxygen atoms in total. The number of benzene rings is 2. The van der Waals surface area contributed by atoms with Crippen molar-refractivity contribution in [3.05, 3.63) is 72.0 Å². The molecule has 7 heteroatoms. The van der Waals surface area contributed by atoms with Crippen molar-refractivity contribution in [2.24, 2.45) is 4.99 Å². The quantitative estimate of drug-likeness (QED) is 0.166. The van der Waals surface area contributed by atoms with E-state index in [0.29, 0.717) is 30.6 Å². The first-order valence-corrected chi connectivity index (χ1v) is 11.5. The van der Waals surface area contributed by atoms with Gasteiger partial charge in [-0.1, -0.05) is 6.58 Å². The maximum Gasteiger partial charge on any atom is 0.363 e. The van der Waals surface area contributed by atoms with Gasteiger partial charge in [0.15, 0.2) is 17.2 Å². The van der Waals surface area contributed by atoms with Gasteiger partial charge >= 0.3 is 5.97 Å². The van der Waals surface area contributed by atoms with Gasteiger partial charge in [-0.2, -0.15) is 0 Å². The number of ether oxygens (including phenoxy) is 3. The Morgan fingerprint density at radius 2 is 1.97 bits per heavy atom. The second kappa shape index (κ2) is 9.95. The molecule has 0 atom stereocenters. The fraction of sp³-hybridized carbons (Fsp3) is 0.217. The SMILES string of the molecule is C=C(C)COc1c(I)cc(/C=C2\N=C(c3ccc(I)c(C)c3)OC2=O)cc1OCC. The monoisotopic (exact) mass is 629 g/mol. The van der Waals surface area contributed by atoms with E-state index in [1.165, 1.54) is 0 Å². The van der Waals surface area contributed by atoms with Crippen molar-refractivity contribution in [1.82, 2.24) is 0 Å². The standard InChI is InChI=1S/C23H21I2NO4/c1-5-28-20-11-15(9-18(25)21(20)29-12-13(2)3)10-19-23(27)30-22(26-19)16-6-7-17(24)14(4)8-16/h6-11H,2,5,12H2,1,3-4H3/b19-10-. The van der Waals surface area contributed by atoms with Gasteiger partial charge in [0.05, 0.1) is 10.2 Å². The highest BCUT2D eigenvalue weighted by Crippen LogP contribution is 2.35. The molecule has 156 valence electrons. The van der Waals surface area contributed by atoms with Crippen LogP contribution in [-0.2, 0) is 9.53 Å². The van der Waals surface area contributed by atoms with Crippen molar-refractivity contribution in [3.63, 3.8) is 0 Å². The van der Waals surface area contributed by atoms with Gasteiger partial charge < -0.3 is 14.2 Å². The first-order chi connectivity index (χ1) is 14.3. The summed E-state index contributed by atoms with van der Waals surface area (Å²) in [6.07, 6.45) is 1.70. The zero-order chi connectivity index (χ0) is 21.8. The first kappa shape index (κ1) is 22.8. The largest absolute Gasteiger partial charge is 0.490 e. The molecular formula is C23H21I2NO4. The number of aryl methyl sites for hydroxylation is 1. The Morgan fingerprint density at radius 3 is 2.63 bits per heavy atom. The number of cyclic esters (lactones) is 1. The average molecular weight is 629 g/mol. The predicted octanol–water partition coefficient (Wildman–Crippen LogP) is 5.90. The van der Waals surface area contributed by atoms with Crippen LogP contribution in [-0.4, -0.2) is 25.1 Å². The molecule has 0 fully saturated rings. The molecule has 0 unspecified atom stereocenters. The van der Waals surface area contributed by atoms with E-state index in [-0.39, 0.29) is 5.70 Å². The van der Waals surface area contributed by atoms with Crippen molar-refractivity contribution in [2.75, 3.05) is 13.2 Å². The molecule has 0 aliphatic carbocycles. The summed E-state index contributed by atoms with van der Waals surface area (Å²) in [5, 5.41) is 0. The van der Waals surface area contributed by atoms with Gasteiger partial charge in [0, 0.05) is 9.13 Å². The molecule has 30 heavy (non-hydrogen) atoms. The lowest BCUT2D eigenvalue weighted by molar-refractivity contribution is -0.129. The van der Waals surface area contributed by atoms with Crippen molar-refractivity contribution in [3.8, 4) is 11.5 Å². The van der Waals surface area contributed by atoms with Crippen molar-refractivity contribution in [1.29, 1.82) is 0 Å². The fourth-order valence-electron chi connectivity index (χ4n) is 2.74. The van der Waals surface area contributed by atoms with Gasteiger partial charge in [0.25, 0.3) is 0 Å². The molecule has 1 heterocycles. The summed E-state index contributed by atoms with van der Waals surface area (Å²) in [5.41, 5.74) is 3.82. The third kappa shape index (κ3) is 5.42. The van der Waals surface area contributed by atoms with Crippen LogP contribution in [0.3, 0.4) is 0 Å². The fourth-order valence-corrected chi connectivity index (χ4v) is 3.85. The number of aliphatic imine (C=N–C) groups is 1. The van der Waals surface area contributed by atoms with Crippen LogP contribution in [0.2, 0.25) is 0 Å². The lowest BCUT2D eigenvalue weighted by Crippen LogP contribution is -2.06. The van der Waals surface area contributed by atoms with Crippen molar-refractivity contribution < 1.29 is 19.0 Å². The van der Waals surface area contributed by atoms with E-state index in [1.807, 2.05) is 51.1 Å². The summed E-state index contributed by atoms with van der Waals surface area (Å²) in [6.45, 7) is 10.6. The number of hydrogen-bond donors (Lipinski definition) is 0. The molecule has 0 amide bonds. The van der Waals surface area contributed by atoms with Gasteiger partial charge in [-0.15, -0.1) is 0 Å². The number of carbonyl (C=O) groups is 1. The molecule has 0 spiro atoms. The van der Waals surface area contributed by atoms with Crippen LogP contribution in [0.5, 0.6) is 11.5 Å². The number of esters is 1. The second-order valence-corrected chi connectivity index (χ2v) is 9.13. The number of nitrogens with zero attached hydrogens (tertiary/aromatic N) is 1. The summed E-state index contributed by atoms with van der Waals surface area (Å²) >= 11 is 4.46. The lowest BCUT2D eigenvalue weighted by atomic mass is 10.1. The van der Waals surface area contributed by atoms with E-state index in [9.17, 15) is 4.79 Å². The third-order valence-electron chi connectivity index (χ3n) is 4.12. The third-order valence-corrected chi connectivity index (χ3v) is 6.14. The first-order valence-electron chi connectivity index (χ1n) is 9.31. The van der Waals surface area contributed by atoms with Crippen LogP contribution in [0.1, 0.15) is 30.5 Å². The Kier molecular flexibility index (Phi) is 7.56. The number of carbonyl (C=O) groups excluding carboxylic acids is 1. The van der Waals surface area contributed by atoms with Crippen LogP contribution >= 0.6 is 45.2 Å².